The molecule has 0 saturated carbocycles. The Morgan fingerprint density at radius 3 is 1.58 bits per heavy atom. The summed E-state index contributed by atoms with van der Waals surface area (Å²) in [5.41, 5.74) is 4.29. The van der Waals surface area contributed by atoms with Gasteiger partial charge in [-0.15, -0.1) is 24.8 Å². The van der Waals surface area contributed by atoms with Crippen molar-refractivity contribution < 1.29 is 24.1 Å². The zero-order valence-electron chi connectivity index (χ0n) is 12.9. The number of aryl methyl sites for hydroxylation is 1. The van der Waals surface area contributed by atoms with E-state index in [4.69, 9.17) is 3.32 Å². The normalized spacial score (nSPS) is 11.3. The third-order valence-corrected chi connectivity index (χ3v) is 3.40. The van der Waals surface area contributed by atoms with E-state index in [-0.39, 0.29) is 35.6 Å². The maximum absolute atomic E-state index is 5.52. The van der Waals surface area contributed by atoms with Gasteiger partial charge in [-0.1, -0.05) is 0 Å². The molecular formula is C15H25Cl2OTi. The zero-order chi connectivity index (χ0) is 13.4. The average Bonchev–Trinajstić information content (AvgIpc) is 2.13. The van der Waals surface area contributed by atoms with Crippen LogP contribution < -0.4 is 3.32 Å². The summed E-state index contributed by atoms with van der Waals surface area (Å²) in [6.45, 7) is 15.6. The quantitative estimate of drug-likeness (QED) is 0.633. The summed E-state index contributed by atoms with van der Waals surface area (Å²) >= 11 is 1.75. The standard InChI is InChI=1S/C15H24O.2ClH.Ti/c1-10-8-13(16)12(15(5,6)7)9-11(10)14(2,3)4;;;/h8-9,16H,1-7H3;2*1H;/q;;;+1/p-1. The van der Waals surface area contributed by atoms with Gasteiger partial charge in [0.15, 0.2) is 0 Å². The molecule has 0 N–H and O–H groups in total. The fourth-order valence-electron chi connectivity index (χ4n) is 2.16. The summed E-state index contributed by atoms with van der Waals surface area (Å²) < 4.78 is 5.52. The molecule has 0 aromatic heterocycles. The summed E-state index contributed by atoms with van der Waals surface area (Å²) in [7, 11) is 0. The summed E-state index contributed by atoms with van der Waals surface area (Å²) in [6.07, 6.45) is 0. The molecule has 1 rings (SSSR count). The Labute approximate surface area is 142 Å². The Bertz CT molecular complexity index is 417. The van der Waals surface area contributed by atoms with Crippen LogP contribution >= 0.6 is 24.8 Å². The molecule has 0 atom stereocenters. The molecule has 0 spiro atoms. The van der Waals surface area contributed by atoms with Crippen LogP contribution in [0.3, 0.4) is 0 Å². The maximum Gasteiger partial charge on any atom is -0.147 e. The van der Waals surface area contributed by atoms with Crippen LogP contribution in [0.2, 0.25) is 0 Å². The average molecular weight is 340 g/mol. The smallest absolute Gasteiger partial charge is 0.147 e. The van der Waals surface area contributed by atoms with Crippen LogP contribution in [0.4, 0.5) is 0 Å². The predicted octanol–water partition coefficient (Wildman–Crippen LogP) is 5.27. The summed E-state index contributed by atoms with van der Waals surface area (Å²) in [5, 5.41) is 0. The van der Waals surface area contributed by atoms with Crippen molar-refractivity contribution in [2.75, 3.05) is 0 Å². The first-order valence-corrected chi connectivity index (χ1v) is 6.70. The van der Waals surface area contributed by atoms with Crippen molar-refractivity contribution in [3.63, 3.8) is 0 Å². The molecule has 0 bridgehead atoms. The molecule has 1 aromatic rings. The molecular weight excluding hydrogens is 315 g/mol. The minimum atomic E-state index is 0. The maximum atomic E-state index is 5.52. The zero-order valence-corrected chi connectivity index (χ0v) is 16.1. The number of hydrogen-bond acceptors (Lipinski definition) is 1. The molecule has 0 fully saturated rings. The van der Waals surface area contributed by atoms with Crippen LogP contribution in [0, 0.1) is 6.92 Å². The van der Waals surface area contributed by atoms with E-state index in [0.29, 0.717) is 0 Å². The van der Waals surface area contributed by atoms with Gasteiger partial charge >= 0.3 is 118 Å². The second-order valence-corrected chi connectivity index (χ2v) is 7.08. The third kappa shape index (κ3) is 5.30. The summed E-state index contributed by atoms with van der Waals surface area (Å²) in [5.74, 6) is 1.00. The van der Waals surface area contributed by atoms with E-state index in [1.165, 1.54) is 16.7 Å². The van der Waals surface area contributed by atoms with Crippen molar-refractivity contribution in [1.29, 1.82) is 0 Å². The van der Waals surface area contributed by atoms with Crippen LogP contribution in [0.1, 0.15) is 58.2 Å². The molecule has 0 aliphatic heterocycles. The van der Waals surface area contributed by atoms with Gasteiger partial charge < -0.3 is 0 Å². The van der Waals surface area contributed by atoms with Gasteiger partial charge in [-0.05, 0) is 0 Å². The van der Waals surface area contributed by atoms with Crippen molar-refractivity contribution in [3.05, 3.63) is 28.8 Å². The molecule has 0 saturated heterocycles. The molecule has 4 heteroatoms. The van der Waals surface area contributed by atoms with Gasteiger partial charge in [-0.25, -0.2) is 0 Å². The molecule has 0 amide bonds. The van der Waals surface area contributed by atoms with Gasteiger partial charge in [0.25, 0.3) is 0 Å². The second-order valence-electron chi connectivity index (χ2n) is 6.77. The molecule has 0 aliphatic carbocycles. The van der Waals surface area contributed by atoms with E-state index in [1.807, 2.05) is 0 Å². The van der Waals surface area contributed by atoms with Gasteiger partial charge in [-0.3, -0.25) is 0 Å². The first kappa shape index (κ1) is 21.6. The molecule has 109 valence electrons. The molecule has 0 heterocycles. The number of hydrogen-bond donors (Lipinski definition) is 0. The number of rotatable bonds is 1. The van der Waals surface area contributed by atoms with Crippen LogP contribution in [0.15, 0.2) is 12.1 Å². The molecule has 0 radical (unpaired) electrons. The van der Waals surface area contributed by atoms with Gasteiger partial charge in [0.1, 0.15) is 0 Å². The van der Waals surface area contributed by atoms with E-state index < -0.39 is 0 Å². The van der Waals surface area contributed by atoms with E-state index >= 15 is 0 Å². The van der Waals surface area contributed by atoms with E-state index in [2.05, 4.69) is 60.6 Å². The number of benzene rings is 1. The van der Waals surface area contributed by atoms with Crippen molar-refractivity contribution in [1.82, 2.24) is 0 Å². The van der Waals surface area contributed by atoms with Crippen LogP contribution in [0.5, 0.6) is 5.75 Å². The van der Waals surface area contributed by atoms with Crippen LogP contribution in [-0.4, -0.2) is 0 Å². The monoisotopic (exact) mass is 339 g/mol. The fraction of sp³-hybridized carbons (Fsp3) is 0.600. The Hall–Kier alpha value is 0.314. The summed E-state index contributed by atoms with van der Waals surface area (Å²) in [4.78, 5) is 0. The SMILES string of the molecule is Cc1cc([O][Ti])c(C(C)(C)C)cc1C(C)(C)C.Cl.Cl. The number of halogens is 2. The first-order chi connectivity index (χ1) is 7.57. The van der Waals surface area contributed by atoms with Crippen molar-refractivity contribution in [3.8, 4) is 5.75 Å². The minimum absolute atomic E-state index is 0. The third-order valence-electron chi connectivity index (χ3n) is 3.05. The molecule has 19 heavy (non-hydrogen) atoms. The molecule has 1 aromatic carbocycles. The van der Waals surface area contributed by atoms with Crippen molar-refractivity contribution >= 4 is 24.8 Å². The summed E-state index contributed by atoms with van der Waals surface area (Å²) in [6, 6.07) is 4.48. The van der Waals surface area contributed by atoms with Crippen molar-refractivity contribution in [2.24, 2.45) is 0 Å². The van der Waals surface area contributed by atoms with Gasteiger partial charge in [-0.2, -0.15) is 0 Å². The van der Waals surface area contributed by atoms with E-state index in [1.54, 1.807) is 20.8 Å². The van der Waals surface area contributed by atoms with Gasteiger partial charge in [0, 0.05) is 0 Å². The second kappa shape index (κ2) is 7.36. The largest absolute Gasteiger partial charge is 0.147 e. The molecule has 0 aliphatic rings. The minimum Gasteiger partial charge on any atom is -0.147 e. The van der Waals surface area contributed by atoms with Crippen molar-refractivity contribution in [2.45, 2.75) is 59.3 Å². The van der Waals surface area contributed by atoms with E-state index in [0.717, 1.165) is 5.75 Å². The van der Waals surface area contributed by atoms with Gasteiger partial charge in [0.05, 0.1) is 0 Å². The molecule has 0 unspecified atom stereocenters. The Morgan fingerprint density at radius 2 is 1.26 bits per heavy atom. The predicted molar refractivity (Wildman–Crippen MR) is 83.7 cm³/mol. The fourth-order valence-corrected chi connectivity index (χ4v) is 2.42. The van der Waals surface area contributed by atoms with E-state index in [9.17, 15) is 0 Å². The van der Waals surface area contributed by atoms with Crippen LogP contribution in [0.25, 0.3) is 0 Å². The Kier molecular flexibility index (Phi) is 8.37. The Balaban J connectivity index is 0. The Morgan fingerprint density at radius 1 is 0.842 bits per heavy atom. The first-order valence-electron chi connectivity index (χ1n) is 6.06. The van der Waals surface area contributed by atoms with Gasteiger partial charge in [0.2, 0.25) is 0 Å². The molecule has 1 nitrogen and oxygen atoms in total. The van der Waals surface area contributed by atoms with Crippen LogP contribution in [-0.2, 0) is 31.7 Å². The topological polar surface area (TPSA) is 9.23 Å².